The molecule has 366 valence electrons. The Morgan fingerprint density at radius 3 is 2.35 bits per heavy atom. The highest BCUT2D eigenvalue weighted by molar-refractivity contribution is 8.77. The molecule has 6 atom stereocenters. The van der Waals surface area contributed by atoms with E-state index in [0.29, 0.717) is 23.5 Å². The maximum absolute atomic E-state index is 13.0. The Hall–Kier alpha value is -1.44. The maximum atomic E-state index is 13.0. The van der Waals surface area contributed by atoms with Crippen LogP contribution in [0.2, 0.25) is 0 Å². The molecule has 1 aliphatic heterocycles. The fourth-order valence-corrected chi connectivity index (χ4v) is 12.6. The van der Waals surface area contributed by atoms with E-state index in [9.17, 15) is 43.1 Å². The van der Waals surface area contributed by atoms with Crippen molar-refractivity contribution in [1.82, 2.24) is 20.2 Å². The van der Waals surface area contributed by atoms with Crippen LogP contribution in [-0.2, 0) is 41.1 Å². The first kappa shape index (κ1) is 57.9. The average molecular weight is 1050 g/mol. The molecule has 1 aliphatic rings. The number of carbonyl (C=O) groups excluding carboxylic acids is 1. The van der Waals surface area contributed by atoms with Crippen LogP contribution in [0.4, 0.5) is 5.82 Å². The van der Waals surface area contributed by atoms with Gasteiger partial charge in [-0.05, 0) is 51.2 Å². The molecule has 4 unspecified atom stereocenters. The van der Waals surface area contributed by atoms with Gasteiger partial charge in [-0.3, -0.25) is 13.9 Å². The number of phosphoric acid groups is 3. The van der Waals surface area contributed by atoms with Crippen LogP contribution in [0.15, 0.2) is 35.3 Å². The number of hydrogen-bond acceptors (Lipinski definition) is 20. The minimum atomic E-state index is -5.76. The Kier molecular flexibility index (Phi) is 23.6. The van der Waals surface area contributed by atoms with E-state index in [-0.39, 0.29) is 51.8 Å². The molecule has 1 amide bonds. The highest BCUT2D eigenvalue weighted by Gasteiger charge is 2.44. The third-order valence-electron chi connectivity index (χ3n) is 8.44. The number of hydrogen-bond donors (Lipinski definition) is 9. The van der Waals surface area contributed by atoms with Crippen LogP contribution < -0.4 is 27.5 Å². The predicted molar refractivity (Wildman–Crippen MR) is 253 cm³/mol. The Bertz CT molecular complexity index is 2120. The van der Waals surface area contributed by atoms with Crippen LogP contribution in [0.5, 0.6) is 0 Å². The van der Waals surface area contributed by atoms with E-state index >= 15 is 0 Å². The SMILES string of the molecule is CC(CCCCNC(=O)c1ccc(B(O)O)cc1)NCC(C)(C)SSCOCC#Cc1cn([C@H]2CC(OCSSC(C)(C)C)[C@@H](COP(=O)(O)OP(=O)(O)OP(=O)(O)O)O2)c(=O)nc1N. The molecule has 65 heavy (non-hydrogen) atoms. The first-order chi connectivity index (χ1) is 30.1. The van der Waals surface area contributed by atoms with Crippen LogP contribution in [0.3, 0.4) is 0 Å². The van der Waals surface area contributed by atoms with Gasteiger partial charge in [0.1, 0.15) is 36.6 Å². The van der Waals surface area contributed by atoms with E-state index in [1.54, 1.807) is 22.9 Å². The van der Waals surface area contributed by atoms with Crippen molar-refractivity contribution in [3.63, 3.8) is 0 Å². The number of carbonyl (C=O) groups is 1. The first-order valence-electron chi connectivity index (χ1n) is 19.7. The largest absolute Gasteiger partial charge is 0.490 e. The molecular weight excluding hydrogens is 994 g/mol. The van der Waals surface area contributed by atoms with Crippen molar-refractivity contribution in [2.24, 2.45) is 0 Å². The van der Waals surface area contributed by atoms with Crippen LogP contribution in [0.25, 0.3) is 0 Å². The number of phosphoric ester groups is 1. The highest BCUT2D eigenvalue weighted by Crippen LogP contribution is 2.66. The molecule has 1 aromatic carbocycles. The zero-order valence-corrected chi connectivity index (χ0v) is 42.4. The lowest BCUT2D eigenvalue weighted by Gasteiger charge is -2.26. The van der Waals surface area contributed by atoms with Crippen molar-refractivity contribution in [1.29, 1.82) is 0 Å². The van der Waals surface area contributed by atoms with Gasteiger partial charge in [-0.15, -0.1) is 0 Å². The molecule has 1 fully saturated rings. The maximum Gasteiger partial charge on any atom is 0.490 e. The number of rotatable bonds is 27. The summed E-state index contributed by atoms with van der Waals surface area (Å²) in [4.78, 5) is 66.3. The molecule has 0 saturated carbocycles. The summed E-state index contributed by atoms with van der Waals surface area (Å²) >= 11 is 0. The monoisotopic (exact) mass is 1050 g/mol. The third-order valence-corrected chi connectivity index (χ3v) is 18.2. The van der Waals surface area contributed by atoms with Crippen molar-refractivity contribution in [2.75, 3.05) is 43.9 Å². The Labute approximate surface area is 393 Å². The number of anilines is 1. The summed E-state index contributed by atoms with van der Waals surface area (Å²) in [5, 5.41) is 24.9. The van der Waals surface area contributed by atoms with Crippen molar-refractivity contribution in [3.8, 4) is 11.8 Å². The fraction of sp³-hybridized carbons (Fsp3) is 0.629. The van der Waals surface area contributed by atoms with Crippen LogP contribution in [0, 0.1) is 11.8 Å². The quantitative estimate of drug-likeness (QED) is 0.0154. The molecule has 0 bridgehead atoms. The second-order valence-corrected chi connectivity index (χ2v) is 26.3. The minimum absolute atomic E-state index is 0.00589. The summed E-state index contributed by atoms with van der Waals surface area (Å²) in [6.07, 6.45) is 0.888. The van der Waals surface area contributed by atoms with Crippen molar-refractivity contribution in [3.05, 3.63) is 52.1 Å². The summed E-state index contributed by atoms with van der Waals surface area (Å²) in [6.45, 7) is 12.8. The molecule has 22 nitrogen and oxygen atoms in total. The zero-order chi connectivity index (χ0) is 48.6. The molecule has 1 saturated heterocycles. The lowest BCUT2D eigenvalue weighted by molar-refractivity contribution is -0.0543. The topological polar surface area (TPSA) is 330 Å². The number of nitrogens with zero attached hydrogens (tertiary/aromatic N) is 2. The summed E-state index contributed by atoms with van der Waals surface area (Å²) in [7, 11) is -12.3. The number of unbranched alkanes of at least 4 members (excludes halogenated alkanes) is 1. The summed E-state index contributed by atoms with van der Waals surface area (Å²) in [5.41, 5.74) is 6.16. The van der Waals surface area contributed by atoms with Crippen molar-refractivity contribution < 1.29 is 75.5 Å². The van der Waals surface area contributed by atoms with Crippen molar-refractivity contribution in [2.45, 2.75) is 101 Å². The molecule has 2 heterocycles. The van der Waals surface area contributed by atoms with E-state index in [4.69, 9.17) is 34.3 Å². The average Bonchev–Trinajstić information content (AvgIpc) is 3.59. The Morgan fingerprint density at radius 2 is 1.71 bits per heavy atom. The van der Waals surface area contributed by atoms with E-state index in [1.165, 1.54) is 50.7 Å². The molecule has 0 spiro atoms. The fourth-order valence-electron chi connectivity index (χ4n) is 5.45. The molecule has 1 aromatic heterocycles. The summed E-state index contributed by atoms with van der Waals surface area (Å²) < 4.78 is 66.1. The summed E-state index contributed by atoms with van der Waals surface area (Å²) in [6, 6.07) is 6.36. The first-order valence-corrected chi connectivity index (χ1v) is 28.9. The summed E-state index contributed by atoms with van der Waals surface area (Å²) in [5.74, 6) is 5.78. The van der Waals surface area contributed by atoms with Crippen LogP contribution in [-0.4, -0.2) is 118 Å². The molecule has 0 radical (unpaired) electrons. The van der Waals surface area contributed by atoms with Gasteiger partial charge in [0.05, 0.1) is 18.3 Å². The van der Waals surface area contributed by atoms with Crippen molar-refractivity contribution >= 4 is 90.9 Å². The van der Waals surface area contributed by atoms with E-state index in [2.05, 4.69) is 56.9 Å². The molecular formula is C35H57BN5O17P3S4. The van der Waals surface area contributed by atoms with Gasteiger partial charge >= 0.3 is 36.3 Å². The van der Waals surface area contributed by atoms with Gasteiger partial charge in [0.15, 0.2) is 0 Å². The number of aromatic nitrogens is 2. The second kappa shape index (κ2) is 26.5. The van der Waals surface area contributed by atoms with Gasteiger partial charge in [0.25, 0.3) is 5.91 Å². The second-order valence-electron chi connectivity index (χ2n) is 15.9. The van der Waals surface area contributed by atoms with Gasteiger partial charge in [-0.25, -0.2) is 18.5 Å². The molecule has 0 aliphatic carbocycles. The number of nitrogens with one attached hydrogen (secondary N) is 2. The number of ether oxygens (including phenoxy) is 3. The molecule has 30 heteroatoms. The van der Waals surface area contributed by atoms with E-state index in [0.717, 1.165) is 30.4 Å². The number of nitrogen functional groups attached to an aromatic ring is 1. The van der Waals surface area contributed by atoms with E-state index in [1.807, 2.05) is 20.8 Å². The van der Waals surface area contributed by atoms with E-state index < -0.39 is 61.3 Å². The molecule has 10 N–H and O–H groups in total. The standard InChI is InChI=1S/C35H57BN5O17P3S4/c1-24(10-7-8-16-38-32(42)25-12-14-27(15-13-25)36(44)45)39-21-35(5,6)65-62-22-53-17-9-11-26-19-41(33(43)40-31(26)37)30-18-28(54-23-63-64-34(2,3)4)29(56-30)20-55-60(49,50)58-61(51,52)57-59(46,47)48/h12-15,19,24,28-30,39,44-45H,7-8,10,16-18,20-23H2,1-6H3,(H,38,42)(H,49,50)(H,51,52)(H2,37,40,43)(H2,46,47,48)/t24?,28?,29-,30-/m1/s1. The smallest absolute Gasteiger partial charge is 0.423 e. The minimum Gasteiger partial charge on any atom is -0.423 e. The number of amides is 1. The molecule has 3 rings (SSSR count). The Morgan fingerprint density at radius 1 is 1.03 bits per heavy atom. The highest BCUT2D eigenvalue weighted by atomic mass is 33.1. The Balaban J connectivity index is 1.46. The van der Waals surface area contributed by atoms with Gasteiger partial charge in [-0.2, -0.15) is 13.6 Å². The van der Waals surface area contributed by atoms with Crippen LogP contribution in [0.1, 0.15) is 89.4 Å². The van der Waals surface area contributed by atoms with Gasteiger partial charge in [0, 0.05) is 46.8 Å². The lowest BCUT2D eigenvalue weighted by atomic mass is 9.80. The zero-order valence-electron chi connectivity index (χ0n) is 36.5. The predicted octanol–water partition coefficient (Wildman–Crippen LogP) is 3.72. The third kappa shape index (κ3) is 23.2. The number of benzene rings is 1. The van der Waals surface area contributed by atoms with Crippen LogP contribution >= 0.6 is 66.6 Å². The normalized spacial score (nSPS) is 19.2. The molecule has 2 aromatic rings. The van der Waals surface area contributed by atoms with Gasteiger partial charge in [-0.1, -0.05) is 94.3 Å². The number of nitrogens with two attached hydrogens (primary N) is 1. The van der Waals surface area contributed by atoms with Gasteiger partial charge < -0.3 is 60.2 Å². The van der Waals surface area contributed by atoms with Gasteiger partial charge in [0.2, 0.25) is 0 Å². The lowest BCUT2D eigenvalue weighted by Crippen LogP contribution is -2.37.